The van der Waals surface area contributed by atoms with Crippen LogP contribution >= 0.6 is 0 Å². The number of anilines is 2. The van der Waals surface area contributed by atoms with Crippen LogP contribution in [-0.2, 0) is 4.79 Å². The van der Waals surface area contributed by atoms with Crippen LogP contribution in [0.15, 0.2) is 30.5 Å². The second kappa shape index (κ2) is 5.60. The molecule has 1 saturated heterocycles. The van der Waals surface area contributed by atoms with Crippen LogP contribution in [-0.4, -0.2) is 31.0 Å². The van der Waals surface area contributed by atoms with E-state index in [1.807, 2.05) is 25.4 Å². The van der Waals surface area contributed by atoms with Crippen LogP contribution in [0.4, 0.5) is 11.5 Å². The Morgan fingerprint density at radius 1 is 1.33 bits per heavy atom. The van der Waals surface area contributed by atoms with Gasteiger partial charge >= 0.3 is 0 Å². The number of hydrogen-bond acceptors (Lipinski definition) is 4. The van der Waals surface area contributed by atoms with Gasteiger partial charge in [-0.05, 0) is 30.4 Å². The first-order chi connectivity index (χ1) is 10.2. The van der Waals surface area contributed by atoms with Gasteiger partial charge in [0.2, 0.25) is 5.91 Å². The number of nitrogens with two attached hydrogens (primary N) is 1. The second-order valence-electron chi connectivity index (χ2n) is 5.45. The van der Waals surface area contributed by atoms with Crippen LogP contribution in [0, 0.1) is 5.92 Å². The van der Waals surface area contributed by atoms with Gasteiger partial charge in [-0.15, -0.1) is 0 Å². The van der Waals surface area contributed by atoms with Gasteiger partial charge in [0.15, 0.2) is 0 Å². The standard InChI is InChI=1S/C16H20N4O/c1-18-13-4-2-3-11-5-8-19-16(14(11)13)20-9-6-12(7-10-20)15(17)21/h2-5,8,12,18H,6-7,9-10H2,1H3,(H2,17,21). The lowest BCUT2D eigenvalue weighted by molar-refractivity contribution is -0.122. The number of rotatable bonds is 3. The lowest BCUT2D eigenvalue weighted by Gasteiger charge is -2.32. The van der Waals surface area contributed by atoms with E-state index in [1.54, 1.807) is 0 Å². The molecule has 0 unspecified atom stereocenters. The van der Waals surface area contributed by atoms with Crippen LogP contribution in [0.2, 0.25) is 0 Å². The summed E-state index contributed by atoms with van der Waals surface area (Å²) in [6.07, 6.45) is 3.45. The third-order valence-corrected chi connectivity index (χ3v) is 4.24. The Bertz CT molecular complexity index is 657. The molecule has 3 rings (SSSR count). The number of primary amides is 1. The van der Waals surface area contributed by atoms with E-state index in [-0.39, 0.29) is 11.8 Å². The average molecular weight is 284 g/mol. The SMILES string of the molecule is CNc1cccc2ccnc(N3CCC(C(N)=O)CC3)c12. The van der Waals surface area contributed by atoms with Gasteiger partial charge in [-0.2, -0.15) is 0 Å². The minimum absolute atomic E-state index is 0.00000281. The van der Waals surface area contributed by atoms with Crippen LogP contribution in [0.5, 0.6) is 0 Å². The Labute approximate surface area is 124 Å². The smallest absolute Gasteiger partial charge is 0.220 e. The number of carbonyl (C=O) groups excluding carboxylic acids is 1. The normalized spacial score (nSPS) is 16.1. The molecule has 2 heterocycles. The highest BCUT2D eigenvalue weighted by Crippen LogP contribution is 2.33. The number of nitrogens with zero attached hydrogens (tertiary/aromatic N) is 2. The molecule has 1 aliphatic heterocycles. The van der Waals surface area contributed by atoms with E-state index in [0.29, 0.717) is 0 Å². The van der Waals surface area contributed by atoms with E-state index in [4.69, 9.17) is 5.73 Å². The predicted octanol–water partition coefficient (Wildman–Crippen LogP) is 1.98. The molecule has 0 bridgehead atoms. The maximum absolute atomic E-state index is 11.3. The van der Waals surface area contributed by atoms with Crippen molar-refractivity contribution >= 4 is 28.2 Å². The topological polar surface area (TPSA) is 71.2 Å². The number of fused-ring (bicyclic) bond motifs is 1. The summed E-state index contributed by atoms with van der Waals surface area (Å²) in [7, 11) is 1.92. The van der Waals surface area contributed by atoms with Gasteiger partial charge in [-0.25, -0.2) is 4.98 Å². The third-order valence-electron chi connectivity index (χ3n) is 4.24. The summed E-state index contributed by atoms with van der Waals surface area (Å²) in [6.45, 7) is 1.63. The maximum atomic E-state index is 11.3. The molecule has 0 saturated carbocycles. The van der Waals surface area contributed by atoms with Gasteiger partial charge in [0.05, 0.1) is 0 Å². The highest BCUT2D eigenvalue weighted by atomic mass is 16.1. The van der Waals surface area contributed by atoms with Crippen molar-refractivity contribution in [3.8, 4) is 0 Å². The molecule has 1 aliphatic rings. The molecule has 1 aromatic carbocycles. The Kier molecular flexibility index (Phi) is 3.64. The zero-order valence-corrected chi connectivity index (χ0v) is 12.2. The molecule has 0 atom stereocenters. The fourth-order valence-corrected chi connectivity index (χ4v) is 3.04. The largest absolute Gasteiger partial charge is 0.388 e. The van der Waals surface area contributed by atoms with Crippen molar-refractivity contribution in [2.75, 3.05) is 30.4 Å². The fraction of sp³-hybridized carbons (Fsp3) is 0.375. The fourth-order valence-electron chi connectivity index (χ4n) is 3.04. The highest BCUT2D eigenvalue weighted by Gasteiger charge is 2.25. The summed E-state index contributed by atoms with van der Waals surface area (Å²) in [6, 6.07) is 8.22. The molecular weight excluding hydrogens is 264 g/mol. The summed E-state index contributed by atoms with van der Waals surface area (Å²) < 4.78 is 0. The molecule has 0 radical (unpaired) electrons. The van der Waals surface area contributed by atoms with Gasteiger partial charge in [0.1, 0.15) is 5.82 Å². The van der Waals surface area contributed by atoms with Crippen molar-refractivity contribution in [3.63, 3.8) is 0 Å². The van der Waals surface area contributed by atoms with E-state index >= 15 is 0 Å². The monoisotopic (exact) mass is 284 g/mol. The molecule has 0 spiro atoms. The summed E-state index contributed by atoms with van der Waals surface area (Å²) in [5, 5.41) is 5.54. The van der Waals surface area contributed by atoms with Crippen molar-refractivity contribution in [3.05, 3.63) is 30.5 Å². The van der Waals surface area contributed by atoms with E-state index in [9.17, 15) is 4.79 Å². The summed E-state index contributed by atoms with van der Waals surface area (Å²) in [4.78, 5) is 18.1. The van der Waals surface area contributed by atoms with Crippen LogP contribution < -0.4 is 16.0 Å². The van der Waals surface area contributed by atoms with E-state index < -0.39 is 0 Å². The summed E-state index contributed by atoms with van der Waals surface area (Å²) >= 11 is 0. The molecule has 1 aromatic heterocycles. The van der Waals surface area contributed by atoms with Crippen molar-refractivity contribution < 1.29 is 4.79 Å². The van der Waals surface area contributed by atoms with Gasteiger partial charge in [0.25, 0.3) is 0 Å². The highest BCUT2D eigenvalue weighted by molar-refractivity contribution is 6.01. The van der Waals surface area contributed by atoms with Crippen molar-refractivity contribution in [2.45, 2.75) is 12.8 Å². The van der Waals surface area contributed by atoms with E-state index in [2.05, 4.69) is 27.3 Å². The van der Waals surface area contributed by atoms with Crippen molar-refractivity contribution in [1.82, 2.24) is 4.98 Å². The summed E-state index contributed by atoms with van der Waals surface area (Å²) in [5.41, 5.74) is 6.48. The van der Waals surface area contributed by atoms with Crippen LogP contribution in [0.3, 0.4) is 0 Å². The quantitative estimate of drug-likeness (QED) is 0.904. The zero-order chi connectivity index (χ0) is 14.8. The number of amides is 1. The first kappa shape index (κ1) is 13.7. The number of carbonyl (C=O) groups is 1. The molecule has 1 fully saturated rings. The number of piperidine rings is 1. The van der Waals surface area contributed by atoms with Crippen LogP contribution in [0.1, 0.15) is 12.8 Å². The lowest BCUT2D eigenvalue weighted by atomic mass is 9.96. The molecule has 2 aromatic rings. The molecule has 21 heavy (non-hydrogen) atoms. The molecule has 5 heteroatoms. The Hall–Kier alpha value is -2.30. The Morgan fingerprint density at radius 2 is 2.10 bits per heavy atom. The molecule has 5 nitrogen and oxygen atoms in total. The first-order valence-corrected chi connectivity index (χ1v) is 7.30. The maximum Gasteiger partial charge on any atom is 0.220 e. The van der Waals surface area contributed by atoms with Crippen molar-refractivity contribution in [2.24, 2.45) is 11.7 Å². The zero-order valence-electron chi connectivity index (χ0n) is 12.2. The molecule has 1 amide bonds. The lowest BCUT2D eigenvalue weighted by Crippen LogP contribution is -2.39. The predicted molar refractivity (Wildman–Crippen MR) is 85.4 cm³/mol. The van der Waals surface area contributed by atoms with Gasteiger partial charge in [-0.1, -0.05) is 12.1 Å². The number of benzene rings is 1. The van der Waals surface area contributed by atoms with Crippen molar-refractivity contribution in [1.29, 1.82) is 0 Å². The van der Waals surface area contributed by atoms with Crippen LogP contribution in [0.25, 0.3) is 10.8 Å². The van der Waals surface area contributed by atoms with Gasteiger partial charge in [-0.3, -0.25) is 4.79 Å². The number of hydrogen-bond donors (Lipinski definition) is 2. The summed E-state index contributed by atoms with van der Waals surface area (Å²) in [5.74, 6) is 0.803. The minimum atomic E-state index is -0.184. The minimum Gasteiger partial charge on any atom is -0.388 e. The van der Waals surface area contributed by atoms with Gasteiger partial charge < -0.3 is 16.0 Å². The van der Waals surface area contributed by atoms with Gasteiger partial charge in [0, 0.05) is 43.3 Å². The number of nitrogens with one attached hydrogen (secondary N) is 1. The van der Waals surface area contributed by atoms with E-state index in [1.165, 1.54) is 5.39 Å². The number of aromatic nitrogens is 1. The van der Waals surface area contributed by atoms with E-state index in [0.717, 1.165) is 42.8 Å². The molecule has 0 aliphatic carbocycles. The average Bonchev–Trinajstić information content (AvgIpc) is 2.53. The second-order valence-corrected chi connectivity index (χ2v) is 5.45. The molecule has 3 N–H and O–H groups in total. The first-order valence-electron chi connectivity index (χ1n) is 7.30. The number of pyridine rings is 1. The molecular formula is C16H20N4O. The Balaban J connectivity index is 1.96. The third kappa shape index (κ3) is 2.51. The Morgan fingerprint density at radius 3 is 2.76 bits per heavy atom. The molecule has 110 valence electrons.